The molecule has 0 aliphatic carbocycles. The summed E-state index contributed by atoms with van der Waals surface area (Å²) in [5.41, 5.74) is 1.99. The van der Waals surface area contributed by atoms with Crippen molar-refractivity contribution in [1.29, 1.82) is 0 Å². The third-order valence-electron chi connectivity index (χ3n) is 6.30. The van der Waals surface area contributed by atoms with E-state index in [2.05, 4.69) is 45.4 Å². The van der Waals surface area contributed by atoms with Crippen LogP contribution in [-0.4, -0.2) is 71.1 Å². The van der Waals surface area contributed by atoms with Gasteiger partial charge in [-0.3, -0.25) is 4.90 Å². The van der Waals surface area contributed by atoms with E-state index in [-0.39, 0.29) is 0 Å². The molecule has 3 saturated heterocycles. The van der Waals surface area contributed by atoms with Gasteiger partial charge in [0.2, 0.25) is 5.95 Å². The third-order valence-corrected chi connectivity index (χ3v) is 6.30. The minimum absolute atomic E-state index is 0.333. The molecule has 0 unspecified atom stereocenters. The minimum Gasteiger partial charge on any atom is -0.339 e. The molecule has 25 heavy (non-hydrogen) atoms. The Labute approximate surface area is 152 Å². The van der Waals surface area contributed by atoms with Crippen LogP contribution in [0.25, 0.3) is 0 Å². The highest BCUT2D eigenvalue weighted by molar-refractivity contribution is 5.38. The molecule has 0 amide bonds. The molecule has 3 aliphatic heterocycles. The molecule has 1 spiro atoms. The van der Waals surface area contributed by atoms with Gasteiger partial charge in [-0.25, -0.2) is 9.97 Å². The van der Waals surface area contributed by atoms with Crippen LogP contribution in [0.1, 0.15) is 39.2 Å². The number of anilines is 1. The van der Waals surface area contributed by atoms with Crippen LogP contribution in [0.15, 0.2) is 12.4 Å². The molecule has 0 aromatic carbocycles. The van der Waals surface area contributed by atoms with Crippen LogP contribution < -0.4 is 4.90 Å². The first-order valence-electron chi connectivity index (χ1n) is 9.84. The van der Waals surface area contributed by atoms with Crippen LogP contribution in [0.4, 0.5) is 5.95 Å². The van der Waals surface area contributed by atoms with E-state index in [1.165, 1.54) is 45.6 Å². The fraction of sp³-hybridized carbons (Fsp3) is 0.800. The zero-order chi connectivity index (χ0) is 17.7. The number of hydrogen-bond donors (Lipinski definition) is 0. The van der Waals surface area contributed by atoms with Crippen molar-refractivity contribution in [3.8, 4) is 0 Å². The number of hydrogen-bond acceptors (Lipinski definition) is 5. The highest BCUT2D eigenvalue weighted by atomic mass is 15.4. The molecule has 138 valence electrons. The quantitative estimate of drug-likeness (QED) is 0.842. The van der Waals surface area contributed by atoms with E-state index in [1.54, 1.807) is 0 Å². The topological polar surface area (TPSA) is 35.5 Å². The monoisotopic (exact) mass is 343 g/mol. The van der Waals surface area contributed by atoms with Crippen molar-refractivity contribution in [3.05, 3.63) is 18.0 Å². The summed E-state index contributed by atoms with van der Waals surface area (Å²) in [4.78, 5) is 16.6. The predicted octanol–water partition coefficient (Wildman–Crippen LogP) is 2.42. The number of nitrogens with zero attached hydrogens (tertiary/aromatic N) is 5. The molecular weight excluding hydrogens is 310 g/mol. The van der Waals surface area contributed by atoms with Gasteiger partial charge in [0.15, 0.2) is 0 Å². The molecular formula is C20H33N5. The van der Waals surface area contributed by atoms with Crippen LogP contribution in [0.2, 0.25) is 0 Å². The van der Waals surface area contributed by atoms with Crippen molar-refractivity contribution in [2.45, 2.75) is 46.1 Å². The maximum atomic E-state index is 4.46. The second-order valence-corrected chi connectivity index (χ2v) is 9.69. The second kappa shape index (κ2) is 6.20. The molecule has 0 atom stereocenters. The molecule has 3 aliphatic rings. The molecule has 0 bridgehead atoms. The molecule has 0 N–H and O–H groups in total. The zero-order valence-corrected chi connectivity index (χ0v) is 16.3. The second-order valence-electron chi connectivity index (χ2n) is 9.69. The van der Waals surface area contributed by atoms with E-state index < -0.39 is 0 Å². The summed E-state index contributed by atoms with van der Waals surface area (Å²) >= 11 is 0. The Morgan fingerprint density at radius 1 is 1.04 bits per heavy atom. The van der Waals surface area contributed by atoms with E-state index in [0.29, 0.717) is 11.0 Å². The fourth-order valence-corrected chi connectivity index (χ4v) is 4.84. The van der Waals surface area contributed by atoms with Crippen LogP contribution in [-0.2, 0) is 0 Å². The van der Waals surface area contributed by atoms with Gasteiger partial charge in [-0.15, -0.1) is 0 Å². The van der Waals surface area contributed by atoms with Crippen molar-refractivity contribution >= 4 is 5.95 Å². The Morgan fingerprint density at radius 3 is 2.20 bits per heavy atom. The average molecular weight is 344 g/mol. The highest BCUT2D eigenvalue weighted by Gasteiger charge is 2.52. The lowest BCUT2D eigenvalue weighted by Crippen LogP contribution is -2.72. The van der Waals surface area contributed by atoms with Gasteiger partial charge in [-0.2, -0.15) is 0 Å². The minimum atomic E-state index is 0.333. The first-order chi connectivity index (χ1) is 11.8. The van der Waals surface area contributed by atoms with Crippen LogP contribution >= 0.6 is 0 Å². The summed E-state index contributed by atoms with van der Waals surface area (Å²) in [6, 6.07) is 0. The summed E-state index contributed by atoms with van der Waals surface area (Å²) < 4.78 is 0. The van der Waals surface area contributed by atoms with Gasteiger partial charge in [0.1, 0.15) is 0 Å². The van der Waals surface area contributed by atoms with Crippen molar-refractivity contribution in [2.24, 2.45) is 11.3 Å². The molecule has 5 heteroatoms. The van der Waals surface area contributed by atoms with Gasteiger partial charge in [0.25, 0.3) is 0 Å². The van der Waals surface area contributed by atoms with E-state index in [4.69, 9.17) is 0 Å². The SMILES string of the molecule is Cc1cnc(N2CC3(CN(CC4CCN(C(C)(C)C)CC4)C3)C2)nc1. The Hall–Kier alpha value is -1.20. The molecule has 4 heterocycles. The number of rotatable bonds is 3. The van der Waals surface area contributed by atoms with Crippen LogP contribution in [0.3, 0.4) is 0 Å². The maximum Gasteiger partial charge on any atom is 0.225 e. The Bertz CT molecular complexity index is 584. The summed E-state index contributed by atoms with van der Waals surface area (Å²) in [6.45, 7) is 17.7. The molecule has 1 aromatic rings. The van der Waals surface area contributed by atoms with Gasteiger partial charge < -0.3 is 9.80 Å². The van der Waals surface area contributed by atoms with Crippen molar-refractivity contribution in [1.82, 2.24) is 19.8 Å². The van der Waals surface area contributed by atoms with Crippen LogP contribution in [0, 0.1) is 18.3 Å². The van der Waals surface area contributed by atoms with Gasteiger partial charge in [-0.05, 0) is 65.1 Å². The van der Waals surface area contributed by atoms with Crippen molar-refractivity contribution in [2.75, 3.05) is 50.7 Å². The molecule has 0 saturated carbocycles. The normalized spacial score (nSPS) is 25.0. The van der Waals surface area contributed by atoms with Gasteiger partial charge in [-0.1, -0.05) is 0 Å². The van der Waals surface area contributed by atoms with E-state index in [1.807, 2.05) is 19.3 Å². The number of aryl methyl sites for hydroxylation is 1. The van der Waals surface area contributed by atoms with Gasteiger partial charge >= 0.3 is 0 Å². The number of piperidine rings is 1. The Morgan fingerprint density at radius 2 is 1.64 bits per heavy atom. The first kappa shape index (κ1) is 17.2. The van der Waals surface area contributed by atoms with Gasteiger partial charge in [0.05, 0.1) is 0 Å². The average Bonchev–Trinajstić information content (AvgIpc) is 2.49. The van der Waals surface area contributed by atoms with Crippen molar-refractivity contribution in [3.63, 3.8) is 0 Å². The lowest BCUT2D eigenvalue weighted by Gasteiger charge is -2.61. The number of likely N-dealkylation sites (tertiary alicyclic amines) is 2. The summed E-state index contributed by atoms with van der Waals surface area (Å²) in [5, 5.41) is 0. The Balaban J connectivity index is 1.19. The molecule has 1 aromatic heterocycles. The molecule has 4 rings (SSSR count). The van der Waals surface area contributed by atoms with Crippen LogP contribution in [0.5, 0.6) is 0 Å². The summed E-state index contributed by atoms with van der Waals surface area (Å²) in [7, 11) is 0. The number of aromatic nitrogens is 2. The van der Waals surface area contributed by atoms with E-state index in [0.717, 1.165) is 30.5 Å². The maximum absolute atomic E-state index is 4.46. The van der Waals surface area contributed by atoms with E-state index in [9.17, 15) is 0 Å². The first-order valence-corrected chi connectivity index (χ1v) is 9.84. The highest BCUT2D eigenvalue weighted by Crippen LogP contribution is 2.41. The molecule has 3 fully saturated rings. The Kier molecular flexibility index (Phi) is 4.27. The lowest BCUT2D eigenvalue weighted by atomic mass is 9.72. The summed E-state index contributed by atoms with van der Waals surface area (Å²) in [6.07, 6.45) is 6.57. The standard InChI is InChI=1S/C20H33N5/c1-16-9-21-18(22-10-16)24-14-20(15-24)12-23(13-20)11-17-5-7-25(8-6-17)19(2,3)4/h9-10,17H,5-8,11-15H2,1-4H3. The van der Waals surface area contributed by atoms with Crippen molar-refractivity contribution < 1.29 is 0 Å². The molecule has 0 radical (unpaired) electrons. The fourth-order valence-electron chi connectivity index (χ4n) is 4.84. The van der Waals surface area contributed by atoms with Gasteiger partial charge in [0, 0.05) is 56.1 Å². The zero-order valence-electron chi connectivity index (χ0n) is 16.3. The summed E-state index contributed by atoms with van der Waals surface area (Å²) in [5.74, 6) is 1.80. The lowest BCUT2D eigenvalue weighted by molar-refractivity contribution is -0.0390. The molecule has 5 nitrogen and oxygen atoms in total. The third kappa shape index (κ3) is 3.54. The smallest absolute Gasteiger partial charge is 0.225 e. The predicted molar refractivity (Wildman–Crippen MR) is 102 cm³/mol. The largest absolute Gasteiger partial charge is 0.339 e. The van der Waals surface area contributed by atoms with E-state index >= 15 is 0 Å².